The lowest BCUT2D eigenvalue weighted by Gasteiger charge is -2.22. The van der Waals surface area contributed by atoms with Crippen molar-refractivity contribution in [3.8, 4) is 0 Å². The number of hydrogen-bond donors (Lipinski definition) is 1. The van der Waals surface area contributed by atoms with Gasteiger partial charge in [-0.15, -0.1) is 0 Å². The van der Waals surface area contributed by atoms with E-state index in [1.54, 1.807) is 11.0 Å². The van der Waals surface area contributed by atoms with E-state index in [9.17, 15) is 9.18 Å². The van der Waals surface area contributed by atoms with E-state index >= 15 is 0 Å². The molecule has 21 heavy (non-hydrogen) atoms. The lowest BCUT2D eigenvalue weighted by Crippen LogP contribution is -2.32. The highest BCUT2D eigenvalue weighted by Crippen LogP contribution is 2.30. The van der Waals surface area contributed by atoms with Crippen LogP contribution in [0.15, 0.2) is 46.9 Å². The van der Waals surface area contributed by atoms with Crippen LogP contribution in [0, 0.1) is 5.82 Å². The van der Waals surface area contributed by atoms with Gasteiger partial charge in [0.05, 0.1) is 16.9 Å². The van der Waals surface area contributed by atoms with Gasteiger partial charge >= 0.3 is 0 Å². The van der Waals surface area contributed by atoms with Gasteiger partial charge in [0.2, 0.25) is 0 Å². The maximum Gasteiger partial charge on any atom is 0.261 e. The molecular formula is C16H14BrFN2O. The van der Waals surface area contributed by atoms with E-state index in [0.717, 1.165) is 24.3 Å². The summed E-state index contributed by atoms with van der Waals surface area (Å²) in [7, 11) is 0. The first-order valence-corrected chi connectivity index (χ1v) is 7.56. The third-order valence-electron chi connectivity index (χ3n) is 3.48. The Balaban J connectivity index is 2.01. The number of halogens is 2. The van der Waals surface area contributed by atoms with Gasteiger partial charge in [-0.1, -0.05) is 28.1 Å². The Hall–Kier alpha value is -1.88. The lowest BCUT2D eigenvalue weighted by atomic mass is 10.1. The van der Waals surface area contributed by atoms with Gasteiger partial charge in [-0.05, 0) is 36.8 Å². The van der Waals surface area contributed by atoms with Crippen LogP contribution in [0.1, 0.15) is 16.8 Å². The van der Waals surface area contributed by atoms with Crippen LogP contribution in [0.2, 0.25) is 0 Å². The van der Waals surface area contributed by atoms with Crippen molar-refractivity contribution in [2.24, 2.45) is 0 Å². The van der Waals surface area contributed by atoms with Gasteiger partial charge in [0, 0.05) is 17.6 Å². The fraction of sp³-hybridized carbons (Fsp3) is 0.188. The zero-order chi connectivity index (χ0) is 14.8. The van der Waals surface area contributed by atoms with Crippen molar-refractivity contribution in [2.45, 2.75) is 6.42 Å². The Labute approximate surface area is 130 Å². The second-order valence-corrected chi connectivity index (χ2v) is 5.79. The van der Waals surface area contributed by atoms with E-state index in [-0.39, 0.29) is 11.5 Å². The second-order valence-electron chi connectivity index (χ2n) is 4.88. The highest BCUT2D eigenvalue weighted by molar-refractivity contribution is 9.10. The summed E-state index contributed by atoms with van der Waals surface area (Å²) in [5.41, 5.74) is 1.79. The highest BCUT2D eigenvalue weighted by Gasteiger charge is 2.24. The first-order chi connectivity index (χ1) is 10.2. The van der Waals surface area contributed by atoms with Crippen LogP contribution in [-0.2, 0) is 0 Å². The van der Waals surface area contributed by atoms with Crippen molar-refractivity contribution in [2.75, 3.05) is 23.3 Å². The summed E-state index contributed by atoms with van der Waals surface area (Å²) in [5.74, 6) is -0.819. The summed E-state index contributed by atoms with van der Waals surface area (Å²) >= 11 is 3.20. The van der Waals surface area contributed by atoms with E-state index < -0.39 is 5.82 Å². The van der Waals surface area contributed by atoms with Crippen molar-refractivity contribution < 1.29 is 9.18 Å². The van der Waals surface area contributed by atoms with Crippen LogP contribution in [0.25, 0.3) is 0 Å². The molecule has 2 aromatic rings. The fourth-order valence-corrected chi connectivity index (χ4v) is 2.79. The molecule has 3 rings (SSSR count). The fourth-order valence-electron chi connectivity index (χ4n) is 2.46. The largest absolute Gasteiger partial charge is 0.383 e. The maximum absolute atomic E-state index is 14.0. The number of rotatable bonds is 1. The molecule has 1 amide bonds. The highest BCUT2D eigenvalue weighted by atomic mass is 79.9. The molecule has 0 unspecified atom stereocenters. The third kappa shape index (κ3) is 2.78. The molecule has 0 spiro atoms. The van der Waals surface area contributed by atoms with Crippen LogP contribution in [0.5, 0.6) is 0 Å². The molecule has 2 aromatic carbocycles. The zero-order valence-corrected chi connectivity index (χ0v) is 12.9. The number of benzene rings is 2. The number of fused-ring (bicyclic) bond motifs is 1. The Kier molecular flexibility index (Phi) is 3.92. The smallest absolute Gasteiger partial charge is 0.261 e. The number of amides is 1. The summed E-state index contributed by atoms with van der Waals surface area (Å²) in [4.78, 5) is 14.3. The quantitative estimate of drug-likeness (QED) is 0.843. The molecule has 0 aromatic heterocycles. The SMILES string of the molecule is O=C(c1ccc(Br)cc1F)N1CCCNc2ccccc21. The van der Waals surface area contributed by atoms with Crippen molar-refractivity contribution in [1.82, 2.24) is 0 Å². The molecule has 108 valence electrons. The van der Waals surface area contributed by atoms with Crippen LogP contribution in [-0.4, -0.2) is 19.0 Å². The summed E-state index contributed by atoms with van der Waals surface area (Å²) in [6.45, 7) is 1.36. The molecule has 1 heterocycles. The van der Waals surface area contributed by atoms with Gasteiger partial charge in [0.15, 0.2) is 0 Å². The molecule has 5 heteroatoms. The Morgan fingerprint density at radius 1 is 1.24 bits per heavy atom. The Morgan fingerprint density at radius 2 is 2.05 bits per heavy atom. The standard InChI is InChI=1S/C16H14BrFN2O/c17-11-6-7-12(13(18)10-11)16(21)20-9-3-8-19-14-4-1-2-5-15(14)20/h1-2,4-7,10,19H,3,8-9H2. The number of anilines is 2. The molecule has 0 radical (unpaired) electrons. The minimum absolute atomic E-state index is 0.0925. The normalized spacial score (nSPS) is 14.1. The van der Waals surface area contributed by atoms with Gasteiger partial charge in [-0.25, -0.2) is 4.39 Å². The van der Waals surface area contributed by atoms with Gasteiger partial charge in [-0.2, -0.15) is 0 Å². The van der Waals surface area contributed by atoms with Gasteiger partial charge in [0.25, 0.3) is 5.91 Å². The van der Waals surface area contributed by atoms with Crippen molar-refractivity contribution >= 4 is 33.2 Å². The van der Waals surface area contributed by atoms with Crippen LogP contribution >= 0.6 is 15.9 Å². The summed E-state index contributed by atoms with van der Waals surface area (Å²) in [5, 5.41) is 3.29. The molecule has 1 aliphatic heterocycles. The first kappa shape index (κ1) is 14.1. The van der Waals surface area contributed by atoms with Gasteiger partial charge < -0.3 is 10.2 Å². The number of hydrogen-bond acceptors (Lipinski definition) is 2. The molecule has 3 nitrogen and oxygen atoms in total. The number of para-hydroxylation sites is 2. The van der Waals surface area contributed by atoms with Crippen molar-refractivity contribution in [1.29, 1.82) is 0 Å². The van der Waals surface area contributed by atoms with E-state index in [1.807, 2.05) is 24.3 Å². The topological polar surface area (TPSA) is 32.3 Å². The van der Waals surface area contributed by atoms with E-state index in [0.29, 0.717) is 11.0 Å². The minimum Gasteiger partial charge on any atom is -0.383 e. The second kappa shape index (κ2) is 5.85. The van der Waals surface area contributed by atoms with E-state index in [4.69, 9.17) is 0 Å². The van der Waals surface area contributed by atoms with Crippen LogP contribution < -0.4 is 10.2 Å². The van der Waals surface area contributed by atoms with Crippen molar-refractivity contribution in [3.05, 3.63) is 58.3 Å². The number of carbonyl (C=O) groups excluding carboxylic acids is 1. The molecule has 1 aliphatic rings. The zero-order valence-electron chi connectivity index (χ0n) is 11.3. The average molecular weight is 349 g/mol. The van der Waals surface area contributed by atoms with Crippen molar-refractivity contribution in [3.63, 3.8) is 0 Å². The molecule has 0 saturated heterocycles. The molecule has 0 atom stereocenters. The summed E-state index contributed by atoms with van der Waals surface area (Å²) in [6.07, 6.45) is 0.818. The number of carbonyl (C=O) groups is 1. The molecule has 0 bridgehead atoms. The van der Waals surface area contributed by atoms with E-state index in [1.165, 1.54) is 12.1 Å². The summed E-state index contributed by atoms with van der Waals surface area (Å²) < 4.78 is 14.7. The van der Waals surface area contributed by atoms with Gasteiger partial charge in [0.1, 0.15) is 5.82 Å². The first-order valence-electron chi connectivity index (χ1n) is 6.76. The lowest BCUT2D eigenvalue weighted by molar-refractivity contribution is 0.0983. The molecular weight excluding hydrogens is 335 g/mol. The molecule has 1 N–H and O–H groups in total. The third-order valence-corrected chi connectivity index (χ3v) is 3.97. The predicted molar refractivity (Wildman–Crippen MR) is 85.3 cm³/mol. The van der Waals surface area contributed by atoms with Gasteiger partial charge in [-0.3, -0.25) is 4.79 Å². The van der Waals surface area contributed by atoms with Crippen LogP contribution in [0.4, 0.5) is 15.8 Å². The summed E-state index contributed by atoms with van der Waals surface area (Å²) in [6, 6.07) is 12.1. The van der Waals surface area contributed by atoms with E-state index in [2.05, 4.69) is 21.2 Å². The maximum atomic E-state index is 14.0. The number of nitrogens with one attached hydrogen (secondary N) is 1. The Morgan fingerprint density at radius 3 is 2.86 bits per heavy atom. The number of nitrogens with zero attached hydrogens (tertiary/aromatic N) is 1. The monoisotopic (exact) mass is 348 g/mol. The minimum atomic E-state index is -0.510. The van der Waals surface area contributed by atoms with Crippen LogP contribution in [0.3, 0.4) is 0 Å². The molecule has 0 saturated carbocycles. The molecule has 0 aliphatic carbocycles. The Bertz CT molecular complexity index is 690. The molecule has 0 fully saturated rings. The predicted octanol–water partition coefficient (Wildman–Crippen LogP) is 4.05. The average Bonchev–Trinajstić information content (AvgIpc) is 2.69.